The molecule has 4 heteroatoms. The molecule has 4 nitrogen and oxygen atoms in total. The number of nitrogens with zero attached hydrogens (tertiary/aromatic N) is 2. The summed E-state index contributed by atoms with van der Waals surface area (Å²) in [6, 6.07) is 4.16. The molecule has 0 bridgehead atoms. The minimum absolute atomic E-state index is 0.920. The van der Waals surface area contributed by atoms with E-state index in [1.54, 1.807) is 0 Å². The van der Waals surface area contributed by atoms with Crippen LogP contribution in [0.25, 0.3) is 27.5 Å². The van der Waals surface area contributed by atoms with Crippen LogP contribution in [0.1, 0.15) is 5.56 Å². The van der Waals surface area contributed by atoms with Crippen LogP contribution in [0.15, 0.2) is 36.8 Å². The van der Waals surface area contributed by atoms with Gasteiger partial charge < -0.3 is 10.3 Å². The van der Waals surface area contributed by atoms with Crippen LogP contribution in [0.5, 0.6) is 0 Å². The van der Waals surface area contributed by atoms with Crippen molar-refractivity contribution in [2.45, 2.75) is 0 Å². The Labute approximate surface area is 104 Å². The van der Waals surface area contributed by atoms with Crippen molar-refractivity contribution in [1.29, 1.82) is 0 Å². The Balaban J connectivity index is 2.15. The monoisotopic (exact) mass is 236 g/mol. The number of aromatic amines is 1. The molecule has 1 aliphatic heterocycles. The van der Waals surface area contributed by atoms with Crippen LogP contribution in [-0.2, 0) is 0 Å². The van der Waals surface area contributed by atoms with Crippen molar-refractivity contribution in [3.05, 3.63) is 42.4 Å². The summed E-state index contributed by atoms with van der Waals surface area (Å²) in [5.74, 6) is 0. The summed E-state index contributed by atoms with van der Waals surface area (Å²) >= 11 is 0. The summed E-state index contributed by atoms with van der Waals surface area (Å²) in [6.45, 7) is 1.87. The van der Waals surface area contributed by atoms with E-state index in [0.717, 1.165) is 29.6 Å². The number of nitrogens with one attached hydrogen (secondary N) is 2. The normalized spacial score (nSPS) is 15.4. The summed E-state index contributed by atoms with van der Waals surface area (Å²) < 4.78 is 0. The molecule has 2 N–H and O–H groups in total. The van der Waals surface area contributed by atoms with Crippen LogP contribution in [0.4, 0.5) is 0 Å². The van der Waals surface area contributed by atoms with E-state index in [0.29, 0.717) is 0 Å². The largest absolute Gasteiger partial charge is 0.346 e. The van der Waals surface area contributed by atoms with Gasteiger partial charge in [0.25, 0.3) is 0 Å². The van der Waals surface area contributed by atoms with Crippen molar-refractivity contribution in [3.63, 3.8) is 0 Å². The van der Waals surface area contributed by atoms with E-state index in [1.807, 2.05) is 18.6 Å². The Kier molecular flexibility index (Phi) is 1.98. The summed E-state index contributed by atoms with van der Waals surface area (Å²) in [5, 5.41) is 5.68. The zero-order chi connectivity index (χ0) is 11.9. The molecule has 0 atom stereocenters. The highest BCUT2D eigenvalue weighted by Gasteiger charge is 2.13. The molecule has 3 aromatic rings. The Morgan fingerprint density at radius 2 is 2.17 bits per heavy atom. The molecule has 0 radical (unpaired) electrons. The molecule has 0 fully saturated rings. The first-order chi connectivity index (χ1) is 8.93. The lowest BCUT2D eigenvalue weighted by Gasteiger charge is -2.07. The second-order valence-corrected chi connectivity index (χ2v) is 4.48. The maximum Gasteiger partial charge on any atom is 0.138 e. The van der Waals surface area contributed by atoms with Crippen molar-refractivity contribution in [1.82, 2.24) is 20.3 Å². The predicted molar refractivity (Wildman–Crippen MR) is 72.2 cm³/mol. The number of H-pyrrole nitrogens is 1. The molecular weight excluding hydrogens is 224 g/mol. The Hall–Kier alpha value is -2.20. The van der Waals surface area contributed by atoms with Gasteiger partial charge in [-0.3, -0.25) is 4.98 Å². The molecule has 0 saturated heterocycles. The fraction of sp³-hybridized carbons (Fsp3) is 0.143. The van der Waals surface area contributed by atoms with Gasteiger partial charge in [-0.2, -0.15) is 0 Å². The smallest absolute Gasteiger partial charge is 0.138 e. The van der Waals surface area contributed by atoms with Gasteiger partial charge in [0, 0.05) is 36.3 Å². The fourth-order valence-corrected chi connectivity index (χ4v) is 2.60. The minimum atomic E-state index is 0.920. The highest BCUT2D eigenvalue weighted by atomic mass is 14.9. The maximum atomic E-state index is 4.42. The maximum absolute atomic E-state index is 4.42. The van der Waals surface area contributed by atoms with Gasteiger partial charge >= 0.3 is 0 Å². The fourth-order valence-electron chi connectivity index (χ4n) is 2.60. The molecule has 0 spiro atoms. The van der Waals surface area contributed by atoms with Gasteiger partial charge in [-0.15, -0.1) is 0 Å². The van der Waals surface area contributed by atoms with Gasteiger partial charge in [0.05, 0.1) is 11.7 Å². The van der Waals surface area contributed by atoms with Gasteiger partial charge in [0.1, 0.15) is 5.65 Å². The van der Waals surface area contributed by atoms with Crippen molar-refractivity contribution in [2.24, 2.45) is 0 Å². The van der Waals surface area contributed by atoms with E-state index in [2.05, 4.69) is 38.5 Å². The molecule has 88 valence electrons. The first kappa shape index (κ1) is 9.79. The molecule has 3 aromatic heterocycles. The van der Waals surface area contributed by atoms with Crippen molar-refractivity contribution < 1.29 is 0 Å². The number of hydrogen-bond acceptors (Lipinski definition) is 3. The summed E-state index contributed by atoms with van der Waals surface area (Å²) in [7, 11) is 0. The molecule has 0 amide bonds. The standard InChI is InChI=1S/C14H12N4/c1-4-15-7-9(1)10-2-5-16-12-8-18-14-11(13(10)12)3-6-17-14/h1-3,5-6,8,15H,4,7H2,(H,17,18). The van der Waals surface area contributed by atoms with E-state index in [-0.39, 0.29) is 0 Å². The number of hydrogen-bond donors (Lipinski definition) is 2. The highest BCUT2D eigenvalue weighted by molar-refractivity contribution is 6.08. The number of pyridine rings is 2. The average molecular weight is 236 g/mol. The zero-order valence-electron chi connectivity index (χ0n) is 9.77. The minimum Gasteiger partial charge on any atom is -0.346 e. The topological polar surface area (TPSA) is 53.6 Å². The van der Waals surface area contributed by atoms with Gasteiger partial charge in [-0.25, -0.2) is 4.98 Å². The third-order valence-electron chi connectivity index (χ3n) is 3.44. The van der Waals surface area contributed by atoms with Crippen LogP contribution in [0.3, 0.4) is 0 Å². The van der Waals surface area contributed by atoms with E-state index in [1.165, 1.54) is 16.5 Å². The first-order valence-electron chi connectivity index (χ1n) is 6.04. The molecule has 18 heavy (non-hydrogen) atoms. The predicted octanol–water partition coefficient (Wildman–Crippen LogP) is 2.10. The summed E-state index contributed by atoms with van der Waals surface area (Å²) in [4.78, 5) is 12.0. The lowest BCUT2D eigenvalue weighted by atomic mass is 10.0. The molecule has 4 rings (SSSR count). The molecule has 0 aliphatic carbocycles. The van der Waals surface area contributed by atoms with Gasteiger partial charge in [0.15, 0.2) is 0 Å². The van der Waals surface area contributed by atoms with Crippen LogP contribution in [0, 0.1) is 0 Å². The molecule has 4 heterocycles. The van der Waals surface area contributed by atoms with Gasteiger partial charge in [-0.1, -0.05) is 6.08 Å². The van der Waals surface area contributed by atoms with Gasteiger partial charge in [-0.05, 0) is 23.3 Å². The Bertz CT molecular complexity index is 770. The Morgan fingerprint density at radius 3 is 3.06 bits per heavy atom. The van der Waals surface area contributed by atoms with E-state index < -0.39 is 0 Å². The number of aromatic nitrogens is 3. The van der Waals surface area contributed by atoms with Crippen LogP contribution < -0.4 is 5.32 Å². The number of rotatable bonds is 1. The average Bonchev–Trinajstić information content (AvgIpc) is 3.09. The second-order valence-electron chi connectivity index (χ2n) is 4.48. The third kappa shape index (κ3) is 1.29. The lowest BCUT2D eigenvalue weighted by molar-refractivity contribution is 0.897. The SMILES string of the molecule is C1=C(c2ccnc3cnc4[nH]ccc4c23)CNC1. The zero-order valence-corrected chi connectivity index (χ0v) is 9.77. The quantitative estimate of drug-likeness (QED) is 0.680. The second kappa shape index (κ2) is 3.65. The molecule has 0 saturated carbocycles. The summed E-state index contributed by atoms with van der Waals surface area (Å²) in [6.07, 6.45) is 7.86. The van der Waals surface area contributed by atoms with Crippen LogP contribution >= 0.6 is 0 Å². The molecule has 0 unspecified atom stereocenters. The van der Waals surface area contributed by atoms with E-state index in [4.69, 9.17) is 0 Å². The van der Waals surface area contributed by atoms with Crippen molar-refractivity contribution >= 4 is 27.5 Å². The third-order valence-corrected chi connectivity index (χ3v) is 3.44. The molecule has 1 aliphatic rings. The van der Waals surface area contributed by atoms with E-state index >= 15 is 0 Å². The van der Waals surface area contributed by atoms with Crippen LogP contribution in [0.2, 0.25) is 0 Å². The van der Waals surface area contributed by atoms with Crippen LogP contribution in [-0.4, -0.2) is 28.0 Å². The molecular formula is C14H12N4. The summed E-state index contributed by atoms with van der Waals surface area (Å²) in [5.41, 5.74) is 4.48. The number of fused-ring (bicyclic) bond motifs is 3. The van der Waals surface area contributed by atoms with Crippen molar-refractivity contribution in [2.75, 3.05) is 13.1 Å². The highest BCUT2D eigenvalue weighted by Crippen LogP contribution is 2.29. The Morgan fingerprint density at radius 1 is 1.17 bits per heavy atom. The first-order valence-corrected chi connectivity index (χ1v) is 6.04. The van der Waals surface area contributed by atoms with Crippen molar-refractivity contribution in [3.8, 4) is 0 Å². The molecule has 0 aromatic carbocycles. The lowest BCUT2D eigenvalue weighted by Crippen LogP contribution is -2.07. The van der Waals surface area contributed by atoms with Gasteiger partial charge in [0.2, 0.25) is 0 Å². The van der Waals surface area contributed by atoms with E-state index in [9.17, 15) is 0 Å².